The van der Waals surface area contributed by atoms with Gasteiger partial charge in [0.1, 0.15) is 11.5 Å². The van der Waals surface area contributed by atoms with Crippen LogP contribution in [0.1, 0.15) is 20.8 Å². The van der Waals surface area contributed by atoms with E-state index in [-0.39, 0.29) is 0 Å². The van der Waals surface area contributed by atoms with Crippen molar-refractivity contribution in [2.24, 2.45) is 5.92 Å². The van der Waals surface area contributed by atoms with E-state index < -0.39 is 54.6 Å². The number of carboxylic acids is 1. The van der Waals surface area contributed by atoms with Crippen LogP contribution in [-0.4, -0.2) is 58.6 Å². The van der Waals surface area contributed by atoms with E-state index in [1.54, 1.807) is 20.8 Å². The van der Waals surface area contributed by atoms with Crippen molar-refractivity contribution in [3.63, 3.8) is 0 Å². The van der Waals surface area contributed by atoms with E-state index in [0.717, 1.165) is 0 Å². The third kappa shape index (κ3) is 3.07. The van der Waals surface area contributed by atoms with Crippen molar-refractivity contribution in [1.29, 1.82) is 0 Å². The Kier molecular flexibility index (Phi) is 3.59. The van der Waals surface area contributed by atoms with Gasteiger partial charge in [-0.05, 0) is 20.8 Å². The summed E-state index contributed by atoms with van der Waals surface area (Å²) in [5.41, 5.74) is -0.934. The Morgan fingerprint density at radius 2 is 1.86 bits per heavy atom. The summed E-state index contributed by atoms with van der Waals surface area (Å²) in [6, 6.07) is -2.82. The number of fused-ring (bicyclic) bond motifs is 1. The number of hydrogen-bond donors (Lipinski definition) is 1. The molecular weight excluding hydrogens is 295 g/mol. The van der Waals surface area contributed by atoms with Gasteiger partial charge >= 0.3 is 18.2 Å². The van der Waals surface area contributed by atoms with Gasteiger partial charge in [-0.2, -0.15) is 13.2 Å². The number of carbonyl (C=O) groups is 2. The van der Waals surface area contributed by atoms with Crippen molar-refractivity contribution in [3.8, 4) is 0 Å². The molecule has 1 saturated heterocycles. The van der Waals surface area contributed by atoms with Crippen molar-refractivity contribution in [3.05, 3.63) is 0 Å². The number of halogens is 3. The molecule has 0 aromatic rings. The number of carboxylic acid groups (broad SMARTS) is 1. The maximum Gasteiger partial charge on any atom is 0.411 e. The molecule has 6 nitrogen and oxygen atoms in total. The van der Waals surface area contributed by atoms with Crippen LogP contribution in [0.5, 0.6) is 0 Å². The smallest absolute Gasteiger partial charge is 0.411 e. The first-order chi connectivity index (χ1) is 9.43. The molecule has 1 heterocycles. The highest BCUT2D eigenvalue weighted by atomic mass is 19.4. The summed E-state index contributed by atoms with van der Waals surface area (Å²) < 4.78 is 48.5. The van der Waals surface area contributed by atoms with Crippen LogP contribution in [0.4, 0.5) is 18.0 Å². The van der Waals surface area contributed by atoms with Gasteiger partial charge < -0.3 is 14.6 Å². The topological polar surface area (TPSA) is 76.1 Å². The summed E-state index contributed by atoms with van der Waals surface area (Å²) in [6.07, 6.45) is -6.84. The lowest BCUT2D eigenvalue weighted by Crippen LogP contribution is -2.54. The maximum absolute atomic E-state index is 12.8. The molecule has 4 atom stereocenters. The van der Waals surface area contributed by atoms with E-state index in [1.807, 2.05) is 0 Å². The van der Waals surface area contributed by atoms with Crippen LogP contribution in [0.25, 0.3) is 0 Å². The number of hydrogen-bond acceptors (Lipinski definition) is 4. The van der Waals surface area contributed by atoms with Gasteiger partial charge in [0, 0.05) is 0 Å². The zero-order chi connectivity index (χ0) is 16.2. The minimum atomic E-state index is -4.55. The molecule has 1 amide bonds. The van der Waals surface area contributed by atoms with Crippen molar-refractivity contribution < 1.29 is 37.3 Å². The Morgan fingerprint density at radius 1 is 1.29 bits per heavy atom. The van der Waals surface area contributed by atoms with Crippen LogP contribution >= 0.6 is 0 Å². The van der Waals surface area contributed by atoms with E-state index in [9.17, 15) is 22.8 Å². The van der Waals surface area contributed by atoms with Gasteiger partial charge in [0.15, 0.2) is 6.04 Å². The SMILES string of the molecule is CC(C)(C)OC(=O)N1C(C(=O)O)COC2C1C2C(F)(F)F. The molecule has 120 valence electrons. The average molecular weight is 311 g/mol. The van der Waals surface area contributed by atoms with Crippen LogP contribution in [0.2, 0.25) is 0 Å². The van der Waals surface area contributed by atoms with Crippen LogP contribution in [0, 0.1) is 5.92 Å². The van der Waals surface area contributed by atoms with Gasteiger partial charge in [-0.3, -0.25) is 4.90 Å². The second kappa shape index (κ2) is 4.75. The lowest BCUT2D eigenvalue weighted by molar-refractivity contribution is -0.157. The summed E-state index contributed by atoms with van der Waals surface area (Å²) in [5, 5.41) is 9.07. The molecule has 1 aliphatic heterocycles. The molecule has 2 rings (SSSR count). The standard InChI is InChI=1S/C12H16F3NO5/c1-11(2,3)21-10(19)16-5(9(17)18)4-20-8-6(7(8)16)12(13,14)15/h5-8H,4H2,1-3H3,(H,17,18). The third-order valence-corrected chi connectivity index (χ3v) is 3.29. The molecule has 1 aliphatic carbocycles. The van der Waals surface area contributed by atoms with Gasteiger partial charge in [0.25, 0.3) is 0 Å². The number of aliphatic carboxylic acids is 1. The van der Waals surface area contributed by atoms with Gasteiger partial charge in [0.2, 0.25) is 0 Å². The lowest BCUT2D eigenvalue weighted by Gasteiger charge is -2.34. The largest absolute Gasteiger partial charge is 0.480 e. The fourth-order valence-corrected chi connectivity index (χ4v) is 2.43. The number of carbonyl (C=O) groups excluding carboxylic acids is 1. The maximum atomic E-state index is 12.8. The van der Waals surface area contributed by atoms with Gasteiger partial charge in [-0.15, -0.1) is 0 Å². The molecule has 0 bridgehead atoms. The Morgan fingerprint density at radius 3 is 2.29 bits per heavy atom. The first-order valence-corrected chi connectivity index (χ1v) is 6.36. The Hall–Kier alpha value is -1.51. The van der Waals surface area contributed by atoms with Crippen molar-refractivity contribution in [1.82, 2.24) is 4.90 Å². The number of nitrogens with zero attached hydrogens (tertiary/aromatic N) is 1. The summed E-state index contributed by atoms with van der Waals surface area (Å²) in [4.78, 5) is 23.9. The first kappa shape index (κ1) is 15.9. The molecule has 4 unspecified atom stereocenters. The number of ether oxygens (including phenoxy) is 2. The summed E-state index contributed by atoms with van der Waals surface area (Å²) >= 11 is 0. The molecule has 1 saturated carbocycles. The molecule has 0 aromatic carbocycles. The summed E-state index contributed by atoms with van der Waals surface area (Å²) in [5.74, 6) is -3.29. The monoisotopic (exact) mass is 311 g/mol. The lowest BCUT2D eigenvalue weighted by atomic mass is 10.2. The van der Waals surface area contributed by atoms with Crippen molar-refractivity contribution in [2.75, 3.05) is 6.61 Å². The molecule has 0 aromatic heterocycles. The highest BCUT2D eigenvalue weighted by Crippen LogP contribution is 2.52. The van der Waals surface area contributed by atoms with E-state index in [2.05, 4.69) is 0 Å². The molecule has 21 heavy (non-hydrogen) atoms. The van der Waals surface area contributed by atoms with Crippen LogP contribution in [-0.2, 0) is 14.3 Å². The molecule has 0 radical (unpaired) electrons. The predicted octanol–water partition coefficient (Wildman–Crippen LogP) is 1.64. The Labute approximate surface area is 118 Å². The highest BCUT2D eigenvalue weighted by Gasteiger charge is 2.72. The number of morpholine rings is 1. The minimum Gasteiger partial charge on any atom is -0.480 e. The van der Waals surface area contributed by atoms with Crippen molar-refractivity contribution in [2.45, 2.75) is 50.7 Å². The molecule has 2 fully saturated rings. The second-order valence-corrected chi connectivity index (χ2v) is 6.10. The fraction of sp³-hybridized carbons (Fsp3) is 0.833. The van der Waals surface area contributed by atoms with Crippen molar-refractivity contribution >= 4 is 12.1 Å². The first-order valence-electron chi connectivity index (χ1n) is 6.36. The van der Waals surface area contributed by atoms with E-state index in [1.165, 1.54) is 0 Å². The number of rotatable bonds is 1. The highest BCUT2D eigenvalue weighted by molar-refractivity contribution is 5.81. The zero-order valence-electron chi connectivity index (χ0n) is 11.7. The third-order valence-electron chi connectivity index (χ3n) is 3.29. The number of amides is 1. The average Bonchev–Trinajstić information content (AvgIpc) is 2.97. The van der Waals surface area contributed by atoms with Crippen LogP contribution < -0.4 is 0 Å². The van der Waals surface area contributed by atoms with E-state index in [0.29, 0.717) is 4.90 Å². The van der Waals surface area contributed by atoms with Crippen LogP contribution in [0.3, 0.4) is 0 Å². The second-order valence-electron chi connectivity index (χ2n) is 6.10. The quantitative estimate of drug-likeness (QED) is 0.796. The van der Waals surface area contributed by atoms with E-state index in [4.69, 9.17) is 14.6 Å². The van der Waals surface area contributed by atoms with Gasteiger partial charge in [-0.1, -0.05) is 0 Å². The van der Waals surface area contributed by atoms with E-state index >= 15 is 0 Å². The summed E-state index contributed by atoms with van der Waals surface area (Å²) in [6.45, 7) is 4.16. The minimum absolute atomic E-state index is 0.484. The zero-order valence-corrected chi connectivity index (χ0v) is 11.7. The normalized spacial score (nSPS) is 32.4. The summed E-state index contributed by atoms with van der Waals surface area (Å²) in [7, 11) is 0. The van der Waals surface area contributed by atoms with Gasteiger partial charge in [0.05, 0.1) is 18.8 Å². The molecular formula is C12H16F3NO5. The fourth-order valence-electron chi connectivity index (χ4n) is 2.43. The van der Waals surface area contributed by atoms with Gasteiger partial charge in [-0.25, -0.2) is 9.59 Å². The Balaban J connectivity index is 2.23. The Bertz CT molecular complexity index is 459. The molecule has 0 spiro atoms. The molecule has 2 aliphatic rings. The molecule has 9 heteroatoms. The molecule has 1 N–H and O–H groups in total. The predicted molar refractivity (Wildman–Crippen MR) is 62.6 cm³/mol. The van der Waals surface area contributed by atoms with Crippen LogP contribution in [0.15, 0.2) is 0 Å². The number of alkyl halides is 3.